The molecule has 0 aliphatic heterocycles. The summed E-state index contributed by atoms with van der Waals surface area (Å²) < 4.78 is 15.7. The largest absolute Gasteiger partial charge is 1.00 e. The van der Waals surface area contributed by atoms with Crippen LogP contribution in [-0.4, -0.2) is 48.1 Å². The van der Waals surface area contributed by atoms with Crippen molar-refractivity contribution < 1.29 is 54.1 Å². The van der Waals surface area contributed by atoms with Gasteiger partial charge in [0.1, 0.15) is 11.6 Å². The minimum absolute atomic E-state index is 0. The first-order chi connectivity index (χ1) is 20.0. The third-order valence-electron chi connectivity index (χ3n) is 6.80. The molecule has 0 unspecified atom stereocenters. The zero-order chi connectivity index (χ0) is 30.4. The van der Waals surface area contributed by atoms with Crippen molar-refractivity contribution in [1.82, 2.24) is 19.7 Å². The van der Waals surface area contributed by atoms with Gasteiger partial charge in [-0.1, -0.05) is 55.8 Å². The minimum atomic E-state index is -1.40. The Balaban J connectivity index is 0.00000506. The second-order valence-corrected chi connectivity index (χ2v) is 10.6. The summed E-state index contributed by atoms with van der Waals surface area (Å²) in [5.74, 6) is -0.659. The summed E-state index contributed by atoms with van der Waals surface area (Å²) in [5, 5.41) is 35.7. The van der Waals surface area contributed by atoms with Crippen molar-refractivity contribution in [3.63, 3.8) is 0 Å². The quantitative estimate of drug-likeness (QED) is 0.233. The maximum atomic E-state index is 13.9. The zero-order valence-corrected chi connectivity index (χ0v) is 27.1. The smallest absolute Gasteiger partial charge is 0.550 e. The SMILES string of the molecule is Cc1ccc(CN(c2nc(-c3ccc(F)cc3)c(/C=C/[C@@H](O)C[C@@H](O)CC(=O)[O-])c(C(C)C)n2)c2ccnn2C)cc1.[Na+]. The van der Waals surface area contributed by atoms with Crippen LogP contribution >= 0.6 is 0 Å². The van der Waals surface area contributed by atoms with Gasteiger partial charge < -0.3 is 20.1 Å². The third-order valence-corrected chi connectivity index (χ3v) is 6.80. The molecular weight excluding hydrogens is 560 g/mol. The molecule has 0 amide bonds. The number of carbonyl (C=O) groups is 1. The molecule has 4 aromatic rings. The van der Waals surface area contributed by atoms with Crippen LogP contribution in [0.3, 0.4) is 0 Å². The maximum Gasteiger partial charge on any atom is 1.00 e. The van der Waals surface area contributed by atoms with Gasteiger partial charge in [-0.25, -0.2) is 14.4 Å². The molecule has 0 aliphatic carbocycles. The fourth-order valence-electron chi connectivity index (χ4n) is 4.63. The fourth-order valence-corrected chi connectivity index (χ4v) is 4.63. The van der Waals surface area contributed by atoms with Crippen LogP contribution in [0.15, 0.2) is 66.9 Å². The minimum Gasteiger partial charge on any atom is -0.550 e. The van der Waals surface area contributed by atoms with Crippen LogP contribution < -0.4 is 39.6 Å². The van der Waals surface area contributed by atoms with E-state index in [-0.39, 0.29) is 47.7 Å². The van der Waals surface area contributed by atoms with Crippen LogP contribution in [0.4, 0.5) is 16.2 Å². The average molecular weight is 596 g/mol. The monoisotopic (exact) mass is 595 g/mol. The van der Waals surface area contributed by atoms with E-state index in [0.717, 1.165) is 16.9 Å². The number of rotatable bonds is 12. The number of benzene rings is 2. The Labute approximate surface area is 273 Å². The topological polar surface area (TPSA) is 127 Å². The van der Waals surface area contributed by atoms with Gasteiger partial charge in [-0.15, -0.1) is 0 Å². The molecule has 2 aromatic carbocycles. The van der Waals surface area contributed by atoms with Crippen molar-refractivity contribution in [1.29, 1.82) is 0 Å². The van der Waals surface area contributed by atoms with E-state index in [1.165, 1.54) is 18.2 Å². The molecule has 0 radical (unpaired) electrons. The number of hydrogen-bond acceptors (Lipinski definition) is 8. The van der Waals surface area contributed by atoms with E-state index in [1.54, 1.807) is 29.1 Å². The molecule has 2 heterocycles. The Kier molecular flexibility index (Phi) is 12.2. The summed E-state index contributed by atoms with van der Waals surface area (Å²) >= 11 is 0. The van der Waals surface area contributed by atoms with Crippen molar-refractivity contribution >= 4 is 23.8 Å². The molecule has 0 bridgehead atoms. The van der Waals surface area contributed by atoms with Gasteiger partial charge in [0.25, 0.3) is 0 Å². The number of carboxylic acid groups (broad SMARTS) is 1. The number of nitrogens with zero attached hydrogens (tertiary/aromatic N) is 5. The van der Waals surface area contributed by atoms with Crippen molar-refractivity contribution in [2.75, 3.05) is 4.90 Å². The Morgan fingerprint density at radius 2 is 1.74 bits per heavy atom. The van der Waals surface area contributed by atoms with Crippen molar-refractivity contribution in [3.05, 3.63) is 95.1 Å². The van der Waals surface area contributed by atoms with Gasteiger partial charge in [0.15, 0.2) is 0 Å². The molecule has 0 saturated carbocycles. The first-order valence-corrected chi connectivity index (χ1v) is 13.7. The molecule has 2 atom stereocenters. The summed E-state index contributed by atoms with van der Waals surface area (Å²) in [6.45, 7) is 6.48. The summed E-state index contributed by atoms with van der Waals surface area (Å²) in [7, 11) is 1.84. The summed E-state index contributed by atoms with van der Waals surface area (Å²) in [5.41, 5.74) is 4.67. The van der Waals surface area contributed by atoms with Crippen LogP contribution in [0.1, 0.15) is 55.0 Å². The number of carboxylic acids is 1. The molecular formula is C32H35FN5NaO4. The zero-order valence-electron chi connectivity index (χ0n) is 25.1. The summed E-state index contributed by atoms with van der Waals surface area (Å²) in [6, 6.07) is 16.1. The molecule has 220 valence electrons. The van der Waals surface area contributed by atoms with Gasteiger partial charge in [0.05, 0.1) is 36.3 Å². The third kappa shape index (κ3) is 9.04. The first kappa shape index (κ1) is 34.1. The van der Waals surface area contributed by atoms with Gasteiger partial charge in [-0.2, -0.15) is 5.10 Å². The molecule has 43 heavy (non-hydrogen) atoms. The van der Waals surface area contributed by atoms with Crippen LogP contribution in [0.25, 0.3) is 17.3 Å². The van der Waals surface area contributed by atoms with Crippen LogP contribution in [0.2, 0.25) is 0 Å². The molecule has 11 heteroatoms. The van der Waals surface area contributed by atoms with E-state index < -0.39 is 24.6 Å². The number of aryl methyl sites for hydroxylation is 2. The molecule has 4 rings (SSSR count). The fraction of sp³-hybridized carbons (Fsp3) is 0.312. The number of aromatic nitrogens is 4. The van der Waals surface area contributed by atoms with E-state index in [2.05, 4.69) is 17.2 Å². The van der Waals surface area contributed by atoms with E-state index in [0.29, 0.717) is 35.0 Å². The standard InChI is InChI=1S/C32H36FN5O4.Na/c1-20(2)30-27(14-13-25(39)17-26(40)18-29(41)42)31(23-9-11-24(33)12-10-23)36-32(35-30)38(28-15-16-34-37(28)4)19-22-7-5-21(3)6-8-22;/h5-16,20,25-26,39-40H,17-19H2,1-4H3,(H,41,42);/q;+1/p-1/b14-13+;/t25-,26-;/m1./s1. The first-order valence-electron chi connectivity index (χ1n) is 13.7. The van der Waals surface area contributed by atoms with Crippen LogP contribution in [0, 0.1) is 12.7 Å². The summed E-state index contributed by atoms with van der Waals surface area (Å²) in [6.07, 6.45) is 1.69. The van der Waals surface area contributed by atoms with Crippen LogP contribution in [0.5, 0.6) is 0 Å². The molecule has 9 nitrogen and oxygen atoms in total. The Hall–Kier alpha value is -3.41. The molecule has 0 saturated heterocycles. The summed E-state index contributed by atoms with van der Waals surface area (Å²) in [4.78, 5) is 22.8. The molecule has 2 aromatic heterocycles. The average Bonchev–Trinajstić information content (AvgIpc) is 3.36. The van der Waals surface area contributed by atoms with E-state index in [9.17, 15) is 24.5 Å². The molecule has 0 fully saturated rings. The number of aliphatic carboxylic acids is 1. The number of hydrogen-bond donors (Lipinski definition) is 2. The second kappa shape index (κ2) is 15.4. The van der Waals surface area contributed by atoms with Crippen molar-refractivity contribution in [3.8, 4) is 11.3 Å². The van der Waals surface area contributed by atoms with Crippen molar-refractivity contribution in [2.45, 2.75) is 58.3 Å². The Morgan fingerprint density at radius 1 is 1.07 bits per heavy atom. The molecule has 0 aliphatic rings. The number of carbonyl (C=O) groups excluding carboxylic acids is 1. The van der Waals surface area contributed by atoms with Gasteiger partial charge in [-0.05, 0) is 42.7 Å². The van der Waals surface area contributed by atoms with Gasteiger partial charge in [0, 0.05) is 43.1 Å². The van der Waals surface area contributed by atoms with E-state index in [4.69, 9.17) is 9.97 Å². The normalized spacial score (nSPS) is 12.7. The van der Waals surface area contributed by atoms with E-state index >= 15 is 0 Å². The Morgan fingerprint density at radius 3 is 2.33 bits per heavy atom. The Bertz CT molecular complexity index is 1540. The molecule has 0 spiro atoms. The number of halogens is 1. The maximum absolute atomic E-state index is 13.9. The molecule has 2 N–H and O–H groups in total. The van der Waals surface area contributed by atoms with Gasteiger partial charge >= 0.3 is 29.6 Å². The van der Waals surface area contributed by atoms with Gasteiger partial charge in [-0.3, -0.25) is 9.58 Å². The van der Waals surface area contributed by atoms with Crippen molar-refractivity contribution in [2.24, 2.45) is 7.05 Å². The van der Waals surface area contributed by atoms with Crippen LogP contribution in [-0.2, 0) is 18.4 Å². The number of anilines is 2. The number of aliphatic hydroxyl groups excluding tert-OH is 2. The predicted molar refractivity (Wildman–Crippen MR) is 157 cm³/mol. The number of aliphatic hydroxyl groups is 2. The second-order valence-electron chi connectivity index (χ2n) is 10.6. The van der Waals surface area contributed by atoms with Gasteiger partial charge in [0.2, 0.25) is 5.95 Å². The van der Waals surface area contributed by atoms with E-state index in [1.807, 2.05) is 50.9 Å². The predicted octanol–water partition coefficient (Wildman–Crippen LogP) is 1.06.